The Morgan fingerprint density at radius 1 is 1.02 bits per heavy atom. The van der Waals surface area contributed by atoms with E-state index in [2.05, 4.69) is 10.3 Å². The first-order valence-corrected chi connectivity index (χ1v) is 15.0. The summed E-state index contributed by atoms with van der Waals surface area (Å²) in [4.78, 5) is 57.8. The second-order valence-corrected chi connectivity index (χ2v) is 11.5. The van der Waals surface area contributed by atoms with Gasteiger partial charge < -0.3 is 19.5 Å². The molecule has 12 heteroatoms. The maximum atomic E-state index is 13.3. The number of rotatable bonds is 10. The van der Waals surface area contributed by atoms with E-state index in [0.29, 0.717) is 26.7 Å². The van der Waals surface area contributed by atoms with Crippen molar-refractivity contribution in [3.05, 3.63) is 73.5 Å². The molecule has 5 rings (SSSR count). The van der Waals surface area contributed by atoms with E-state index in [1.807, 2.05) is 30.3 Å². The normalized spacial score (nSPS) is 12.5. The SMILES string of the molecule is CCOC(=O)c1c(NC(=O)Cn2cnc3sc(C(=O)OCCOc4ccccc4)c(C)c3c2=O)sc2c1CCCC2. The maximum absolute atomic E-state index is 13.3. The van der Waals surface area contributed by atoms with Gasteiger partial charge >= 0.3 is 11.9 Å². The number of carbonyl (C=O) groups is 3. The highest BCUT2D eigenvalue weighted by Crippen LogP contribution is 2.38. The molecule has 0 unspecified atom stereocenters. The number of fused-ring (bicyclic) bond motifs is 2. The number of carbonyl (C=O) groups excluding carboxylic acids is 3. The van der Waals surface area contributed by atoms with Crippen LogP contribution in [0.25, 0.3) is 10.2 Å². The van der Waals surface area contributed by atoms with E-state index >= 15 is 0 Å². The van der Waals surface area contributed by atoms with E-state index in [4.69, 9.17) is 14.2 Å². The summed E-state index contributed by atoms with van der Waals surface area (Å²) in [5, 5.41) is 3.52. The van der Waals surface area contributed by atoms with Gasteiger partial charge in [-0.05, 0) is 62.8 Å². The Morgan fingerprint density at radius 3 is 2.59 bits per heavy atom. The van der Waals surface area contributed by atoms with Crippen molar-refractivity contribution in [2.45, 2.75) is 46.1 Å². The van der Waals surface area contributed by atoms with Crippen LogP contribution in [0.3, 0.4) is 0 Å². The van der Waals surface area contributed by atoms with E-state index in [1.54, 1.807) is 13.8 Å². The van der Waals surface area contributed by atoms with Gasteiger partial charge in [0, 0.05) is 4.88 Å². The number of hydrogen-bond donors (Lipinski definition) is 1. The summed E-state index contributed by atoms with van der Waals surface area (Å²) in [5.41, 5.74) is 1.35. The highest BCUT2D eigenvalue weighted by atomic mass is 32.1. The van der Waals surface area contributed by atoms with Crippen molar-refractivity contribution in [2.75, 3.05) is 25.1 Å². The predicted octanol–water partition coefficient (Wildman–Crippen LogP) is 4.76. The molecular weight excluding hydrogens is 566 g/mol. The first kappa shape index (κ1) is 28.5. The summed E-state index contributed by atoms with van der Waals surface area (Å²) >= 11 is 2.45. The number of thiophene rings is 2. The number of anilines is 1. The molecule has 3 aromatic heterocycles. The zero-order valence-corrected chi connectivity index (χ0v) is 24.3. The number of hydrogen-bond acceptors (Lipinski definition) is 10. The average Bonchev–Trinajstić information content (AvgIpc) is 3.50. The second kappa shape index (κ2) is 12.6. The molecule has 0 saturated carbocycles. The number of aromatic nitrogens is 2. The van der Waals surface area contributed by atoms with Crippen LogP contribution < -0.4 is 15.6 Å². The van der Waals surface area contributed by atoms with Crippen LogP contribution in [-0.2, 0) is 33.7 Å². The van der Waals surface area contributed by atoms with E-state index in [-0.39, 0.29) is 36.6 Å². The van der Waals surface area contributed by atoms with Crippen LogP contribution in [0.15, 0.2) is 41.5 Å². The van der Waals surface area contributed by atoms with Crippen molar-refractivity contribution in [1.29, 1.82) is 0 Å². The zero-order valence-electron chi connectivity index (χ0n) is 22.7. The lowest BCUT2D eigenvalue weighted by Gasteiger charge is -2.12. The summed E-state index contributed by atoms with van der Waals surface area (Å²) < 4.78 is 17.3. The standard InChI is InChI=1S/C29H29N3O7S2/c1-3-37-28(35)23-19-11-7-8-12-20(19)40-26(23)31-21(33)15-32-16-30-25-22(27(32)34)17(2)24(41-25)29(36)39-14-13-38-18-9-5-4-6-10-18/h4-6,9-10,16H,3,7-8,11-15H2,1-2H3,(H,31,33). The number of esters is 2. The molecule has 0 fully saturated rings. The molecule has 1 aliphatic carbocycles. The molecule has 3 heterocycles. The molecule has 0 radical (unpaired) electrons. The zero-order chi connectivity index (χ0) is 28.9. The summed E-state index contributed by atoms with van der Waals surface area (Å²) in [6.07, 6.45) is 4.90. The number of nitrogens with zero attached hydrogens (tertiary/aromatic N) is 2. The van der Waals surface area contributed by atoms with Crippen molar-refractivity contribution in [3.8, 4) is 5.75 Å². The fourth-order valence-corrected chi connectivity index (χ4v) is 7.06. The fourth-order valence-electron chi connectivity index (χ4n) is 4.74. The number of amides is 1. The van der Waals surface area contributed by atoms with Crippen LogP contribution in [0, 0.1) is 6.92 Å². The van der Waals surface area contributed by atoms with Gasteiger partial charge in [0.15, 0.2) is 0 Å². The average molecular weight is 596 g/mol. The van der Waals surface area contributed by atoms with E-state index in [1.165, 1.54) is 22.2 Å². The Labute approximate surface area is 243 Å². The van der Waals surface area contributed by atoms with Crippen LogP contribution >= 0.6 is 22.7 Å². The van der Waals surface area contributed by atoms with Gasteiger partial charge in [0.05, 0.1) is 23.9 Å². The van der Waals surface area contributed by atoms with Crippen LogP contribution in [0.2, 0.25) is 0 Å². The monoisotopic (exact) mass is 595 g/mol. The minimum Gasteiger partial charge on any atom is -0.490 e. The molecular formula is C29H29N3O7S2. The third kappa shape index (κ3) is 6.18. The third-order valence-corrected chi connectivity index (χ3v) is 9.04. The topological polar surface area (TPSA) is 126 Å². The summed E-state index contributed by atoms with van der Waals surface area (Å²) in [6.45, 7) is 3.55. The Hall–Kier alpha value is -4.03. The first-order valence-electron chi connectivity index (χ1n) is 13.3. The lowest BCUT2D eigenvalue weighted by Crippen LogP contribution is -2.28. The number of para-hydroxylation sites is 1. The Balaban J connectivity index is 1.29. The van der Waals surface area contributed by atoms with Crippen LogP contribution in [0.4, 0.5) is 5.00 Å². The Bertz CT molecular complexity index is 1660. The summed E-state index contributed by atoms with van der Waals surface area (Å²) in [6, 6.07) is 9.19. The predicted molar refractivity (Wildman–Crippen MR) is 156 cm³/mol. The van der Waals surface area contributed by atoms with Crippen LogP contribution in [-0.4, -0.2) is 47.2 Å². The first-order chi connectivity index (χ1) is 19.9. The van der Waals surface area contributed by atoms with Gasteiger partial charge in [-0.25, -0.2) is 14.6 Å². The van der Waals surface area contributed by atoms with Gasteiger partial charge in [-0.15, -0.1) is 22.7 Å². The van der Waals surface area contributed by atoms with Crippen molar-refractivity contribution in [2.24, 2.45) is 0 Å². The molecule has 0 saturated heterocycles. The molecule has 41 heavy (non-hydrogen) atoms. The third-order valence-electron chi connectivity index (χ3n) is 6.65. The summed E-state index contributed by atoms with van der Waals surface area (Å²) in [7, 11) is 0. The Morgan fingerprint density at radius 2 is 1.80 bits per heavy atom. The molecule has 1 amide bonds. The number of aryl methyl sites for hydroxylation is 2. The molecule has 0 aliphatic heterocycles. The lowest BCUT2D eigenvalue weighted by molar-refractivity contribution is -0.116. The molecule has 1 N–H and O–H groups in total. The molecule has 0 atom stereocenters. The van der Waals surface area contributed by atoms with Crippen molar-refractivity contribution in [3.63, 3.8) is 0 Å². The molecule has 214 valence electrons. The minimum atomic E-state index is -0.570. The van der Waals surface area contributed by atoms with Crippen LogP contribution in [0.1, 0.15) is 55.8 Å². The maximum Gasteiger partial charge on any atom is 0.348 e. The van der Waals surface area contributed by atoms with Gasteiger partial charge in [-0.2, -0.15) is 0 Å². The molecule has 0 spiro atoms. The number of benzene rings is 1. The number of nitrogens with one attached hydrogen (secondary N) is 1. The van der Waals surface area contributed by atoms with Gasteiger partial charge in [0.2, 0.25) is 5.91 Å². The van der Waals surface area contributed by atoms with E-state index < -0.39 is 23.4 Å². The highest BCUT2D eigenvalue weighted by Gasteiger charge is 2.27. The quantitative estimate of drug-likeness (QED) is 0.206. The van der Waals surface area contributed by atoms with Crippen molar-refractivity contribution in [1.82, 2.24) is 9.55 Å². The van der Waals surface area contributed by atoms with E-state index in [9.17, 15) is 19.2 Å². The molecule has 10 nitrogen and oxygen atoms in total. The lowest BCUT2D eigenvalue weighted by atomic mass is 9.95. The van der Waals surface area contributed by atoms with Gasteiger partial charge in [0.1, 0.15) is 40.2 Å². The second-order valence-electron chi connectivity index (χ2n) is 9.40. The highest BCUT2D eigenvalue weighted by molar-refractivity contribution is 7.20. The molecule has 0 bridgehead atoms. The van der Waals surface area contributed by atoms with Gasteiger partial charge in [-0.1, -0.05) is 18.2 Å². The smallest absolute Gasteiger partial charge is 0.348 e. The summed E-state index contributed by atoms with van der Waals surface area (Å²) in [5.74, 6) is -0.823. The largest absolute Gasteiger partial charge is 0.490 e. The molecule has 1 aliphatic rings. The minimum absolute atomic E-state index is 0.0409. The fraction of sp³-hybridized carbons (Fsp3) is 0.345. The van der Waals surface area contributed by atoms with Crippen LogP contribution in [0.5, 0.6) is 5.75 Å². The molecule has 1 aromatic carbocycles. The molecule has 4 aromatic rings. The Kier molecular flexibility index (Phi) is 8.79. The van der Waals surface area contributed by atoms with E-state index in [0.717, 1.165) is 47.5 Å². The number of ether oxygens (including phenoxy) is 3. The van der Waals surface area contributed by atoms with Gasteiger partial charge in [0.25, 0.3) is 5.56 Å². The van der Waals surface area contributed by atoms with Crippen molar-refractivity contribution < 1.29 is 28.6 Å². The van der Waals surface area contributed by atoms with Gasteiger partial charge in [-0.3, -0.25) is 14.2 Å². The van der Waals surface area contributed by atoms with Crippen molar-refractivity contribution >= 4 is 55.7 Å².